The van der Waals surface area contributed by atoms with Crippen molar-refractivity contribution in [1.82, 2.24) is 4.72 Å². The van der Waals surface area contributed by atoms with Crippen molar-refractivity contribution >= 4 is 27.6 Å². The van der Waals surface area contributed by atoms with Crippen LogP contribution in [-0.4, -0.2) is 27.5 Å². The summed E-state index contributed by atoms with van der Waals surface area (Å²) in [6.45, 7) is 1.84. The molecule has 0 amide bonds. The van der Waals surface area contributed by atoms with Crippen molar-refractivity contribution < 1.29 is 17.9 Å². The Morgan fingerprint density at radius 1 is 1.50 bits per heavy atom. The molecule has 0 atom stereocenters. The van der Waals surface area contributed by atoms with Crippen molar-refractivity contribution in [2.45, 2.75) is 18.2 Å². The van der Waals surface area contributed by atoms with Crippen LogP contribution in [0.4, 0.5) is 0 Å². The second kappa shape index (κ2) is 7.24. The van der Waals surface area contributed by atoms with Crippen LogP contribution in [0, 0.1) is 11.3 Å². The van der Waals surface area contributed by atoms with E-state index >= 15 is 0 Å². The molecule has 0 aliphatic rings. The van der Waals surface area contributed by atoms with Crippen molar-refractivity contribution in [3.05, 3.63) is 28.8 Å². The molecular formula is C12H13ClN2O4S. The topological polar surface area (TPSA) is 96.3 Å². The van der Waals surface area contributed by atoms with Gasteiger partial charge in [-0.3, -0.25) is 4.79 Å². The van der Waals surface area contributed by atoms with Gasteiger partial charge in [-0.2, -0.15) is 5.26 Å². The highest BCUT2D eigenvalue weighted by Crippen LogP contribution is 2.19. The van der Waals surface area contributed by atoms with Crippen LogP contribution in [0.15, 0.2) is 23.1 Å². The summed E-state index contributed by atoms with van der Waals surface area (Å²) in [7, 11) is -3.77. The third-order valence-electron chi connectivity index (χ3n) is 2.30. The van der Waals surface area contributed by atoms with E-state index in [-0.39, 0.29) is 35.1 Å². The van der Waals surface area contributed by atoms with Gasteiger partial charge in [0, 0.05) is 6.54 Å². The first kappa shape index (κ1) is 16.4. The van der Waals surface area contributed by atoms with E-state index in [1.165, 1.54) is 18.2 Å². The number of carbonyl (C=O) groups is 1. The summed E-state index contributed by atoms with van der Waals surface area (Å²) in [6, 6.07) is 5.62. The maximum Gasteiger partial charge on any atom is 0.307 e. The molecule has 1 aromatic rings. The molecule has 0 saturated heterocycles. The molecule has 0 aromatic heterocycles. The fourth-order valence-corrected chi connectivity index (χ4v) is 2.70. The molecule has 1 aromatic carbocycles. The molecule has 1 N–H and O–H groups in total. The van der Waals surface area contributed by atoms with Crippen molar-refractivity contribution in [1.29, 1.82) is 5.26 Å². The number of nitriles is 1. The third kappa shape index (κ3) is 4.49. The number of halogens is 1. The number of ether oxygens (including phenoxy) is 1. The Balaban J connectivity index is 2.72. The van der Waals surface area contributed by atoms with Crippen LogP contribution in [0.3, 0.4) is 0 Å². The molecule has 0 radical (unpaired) electrons. The molecule has 6 nitrogen and oxygen atoms in total. The normalized spacial score (nSPS) is 10.8. The van der Waals surface area contributed by atoms with Gasteiger partial charge in [0.15, 0.2) is 0 Å². The molecule has 1 rings (SSSR count). The number of benzene rings is 1. The molecule has 0 aliphatic heterocycles. The Kier molecular flexibility index (Phi) is 5.95. The molecule has 0 saturated carbocycles. The summed E-state index contributed by atoms with van der Waals surface area (Å²) in [6.07, 6.45) is -0.0585. The van der Waals surface area contributed by atoms with E-state index in [0.717, 1.165) is 0 Å². The molecule has 0 unspecified atom stereocenters. The van der Waals surface area contributed by atoms with E-state index in [2.05, 4.69) is 9.46 Å². The smallest absolute Gasteiger partial charge is 0.307 e. The lowest BCUT2D eigenvalue weighted by Crippen LogP contribution is -2.26. The summed E-state index contributed by atoms with van der Waals surface area (Å²) in [4.78, 5) is 11.0. The number of esters is 1. The van der Waals surface area contributed by atoms with E-state index < -0.39 is 16.0 Å². The van der Waals surface area contributed by atoms with Gasteiger partial charge in [0.05, 0.1) is 28.5 Å². The van der Waals surface area contributed by atoms with Crippen LogP contribution < -0.4 is 4.72 Å². The zero-order valence-electron chi connectivity index (χ0n) is 10.7. The number of nitrogens with one attached hydrogen (secondary N) is 1. The lowest BCUT2D eigenvalue weighted by molar-refractivity contribution is -0.142. The highest BCUT2D eigenvalue weighted by Gasteiger charge is 2.16. The average molecular weight is 317 g/mol. The van der Waals surface area contributed by atoms with Crippen molar-refractivity contribution in [2.75, 3.05) is 13.2 Å². The Bertz CT molecular complexity index is 637. The number of hydrogen-bond acceptors (Lipinski definition) is 5. The molecule has 8 heteroatoms. The van der Waals surface area contributed by atoms with Crippen LogP contribution in [-0.2, 0) is 19.6 Å². The number of hydrogen-bond donors (Lipinski definition) is 1. The molecule has 0 heterocycles. The molecular weight excluding hydrogens is 304 g/mol. The van der Waals surface area contributed by atoms with E-state index in [9.17, 15) is 13.2 Å². The maximum atomic E-state index is 11.9. The van der Waals surface area contributed by atoms with Gasteiger partial charge in [0.25, 0.3) is 0 Å². The second-order valence-electron chi connectivity index (χ2n) is 3.71. The first-order valence-corrected chi connectivity index (χ1v) is 7.61. The second-order valence-corrected chi connectivity index (χ2v) is 5.88. The Morgan fingerprint density at radius 3 is 2.75 bits per heavy atom. The Labute approximate surface area is 122 Å². The summed E-state index contributed by atoms with van der Waals surface area (Å²) in [5.74, 6) is -0.479. The van der Waals surface area contributed by atoms with Crippen LogP contribution in [0.1, 0.15) is 18.9 Å². The quantitative estimate of drug-likeness (QED) is 0.801. The van der Waals surface area contributed by atoms with Gasteiger partial charge in [-0.15, -0.1) is 0 Å². The number of nitrogens with zero attached hydrogens (tertiary/aromatic N) is 1. The Morgan fingerprint density at radius 2 is 2.20 bits per heavy atom. The Hall–Kier alpha value is -1.62. The monoisotopic (exact) mass is 316 g/mol. The molecule has 0 spiro atoms. The van der Waals surface area contributed by atoms with Crippen LogP contribution in [0.25, 0.3) is 0 Å². The van der Waals surface area contributed by atoms with Gasteiger partial charge in [0.2, 0.25) is 10.0 Å². The zero-order chi connectivity index (χ0) is 15.2. The predicted molar refractivity (Wildman–Crippen MR) is 72.6 cm³/mol. The van der Waals surface area contributed by atoms with E-state index in [0.29, 0.717) is 0 Å². The lowest BCUT2D eigenvalue weighted by atomic mass is 10.2. The summed E-state index contributed by atoms with van der Waals surface area (Å²) >= 11 is 5.77. The minimum atomic E-state index is -3.77. The van der Waals surface area contributed by atoms with Crippen LogP contribution >= 0.6 is 11.6 Å². The first-order valence-electron chi connectivity index (χ1n) is 5.75. The minimum Gasteiger partial charge on any atom is -0.466 e. The highest BCUT2D eigenvalue weighted by atomic mass is 35.5. The SMILES string of the molecule is CCOC(=O)CCNS(=O)(=O)c1ccc(C#N)c(Cl)c1. The molecule has 108 valence electrons. The fourth-order valence-electron chi connectivity index (χ4n) is 1.36. The zero-order valence-corrected chi connectivity index (χ0v) is 12.3. The maximum absolute atomic E-state index is 11.9. The molecule has 0 fully saturated rings. The summed E-state index contributed by atoms with van der Waals surface area (Å²) in [5, 5.41) is 8.77. The van der Waals surface area contributed by atoms with Crippen molar-refractivity contribution in [2.24, 2.45) is 0 Å². The number of sulfonamides is 1. The number of rotatable bonds is 6. The predicted octanol–water partition coefficient (Wildman–Crippen LogP) is 1.44. The van der Waals surface area contributed by atoms with Gasteiger partial charge in [-0.05, 0) is 25.1 Å². The first-order chi connectivity index (χ1) is 9.40. The largest absolute Gasteiger partial charge is 0.466 e. The number of carbonyl (C=O) groups excluding carboxylic acids is 1. The highest BCUT2D eigenvalue weighted by molar-refractivity contribution is 7.89. The third-order valence-corrected chi connectivity index (χ3v) is 4.07. The van der Waals surface area contributed by atoms with E-state index in [4.69, 9.17) is 16.9 Å². The van der Waals surface area contributed by atoms with Gasteiger partial charge in [-0.25, -0.2) is 13.1 Å². The van der Waals surface area contributed by atoms with Gasteiger partial charge < -0.3 is 4.74 Å². The van der Waals surface area contributed by atoms with Crippen LogP contribution in [0.2, 0.25) is 5.02 Å². The molecule has 0 bridgehead atoms. The minimum absolute atomic E-state index is 0.0563. The van der Waals surface area contributed by atoms with Gasteiger partial charge in [-0.1, -0.05) is 11.6 Å². The fraction of sp³-hybridized carbons (Fsp3) is 0.333. The summed E-state index contributed by atoms with van der Waals surface area (Å²) in [5.41, 5.74) is 0.192. The van der Waals surface area contributed by atoms with Crippen molar-refractivity contribution in [3.8, 4) is 6.07 Å². The molecule has 0 aliphatic carbocycles. The van der Waals surface area contributed by atoms with Gasteiger partial charge >= 0.3 is 5.97 Å². The van der Waals surface area contributed by atoms with E-state index in [1.807, 2.05) is 6.07 Å². The standard InChI is InChI=1S/C12H13ClN2O4S/c1-2-19-12(16)5-6-15-20(17,18)10-4-3-9(8-14)11(13)7-10/h3-4,7,15H,2,5-6H2,1H3. The van der Waals surface area contributed by atoms with E-state index in [1.54, 1.807) is 6.92 Å². The molecule has 20 heavy (non-hydrogen) atoms. The summed E-state index contributed by atoms with van der Waals surface area (Å²) < 4.78 is 30.8. The average Bonchev–Trinajstić information content (AvgIpc) is 2.38. The van der Waals surface area contributed by atoms with Gasteiger partial charge in [0.1, 0.15) is 6.07 Å². The van der Waals surface area contributed by atoms with Crippen molar-refractivity contribution in [3.63, 3.8) is 0 Å². The lowest BCUT2D eigenvalue weighted by Gasteiger charge is -2.07. The van der Waals surface area contributed by atoms with Crippen LogP contribution in [0.5, 0.6) is 0 Å².